The second-order valence-electron chi connectivity index (χ2n) is 7.56. The Morgan fingerprint density at radius 1 is 1.08 bits per heavy atom. The van der Waals surface area contributed by atoms with Crippen LogP contribution in [-0.2, 0) is 5.41 Å². The summed E-state index contributed by atoms with van der Waals surface area (Å²) in [6.45, 7) is 9.87. The smallest absolute Gasteiger partial charge is 0.337 e. The summed E-state index contributed by atoms with van der Waals surface area (Å²) in [4.78, 5) is 11.3. The number of para-hydroxylation sites is 1. The minimum atomic E-state index is -0.904. The third kappa shape index (κ3) is 5.51. The SMILES string of the molecule is Cc1cccc(C(=O)O)c1NCCCCOc1ccc(C(C)(C)C)cc1. The lowest BCUT2D eigenvalue weighted by Crippen LogP contribution is -2.11. The van der Waals surface area contributed by atoms with Crippen LogP contribution in [-0.4, -0.2) is 24.2 Å². The van der Waals surface area contributed by atoms with Gasteiger partial charge in [0.1, 0.15) is 5.75 Å². The Labute approximate surface area is 156 Å². The molecular weight excluding hydrogens is 326 g/mol. The first-order valence-electron chi connectivity index (χ1n) is 9.09. The highest BCUT2D eigenvalue weighted by atomic mass is 16.5. The highest BCUT2D eigenvalue weighted by Gasteiger charge is 2.13. The number of hydrogen-bond donors (Lipinski definition) is 2. The molecule has 2 aromatic rings. The predicted molar refractivity (Wildman–Crippen MR) is 106 cm³/mol. The first-order valence-corrected chi connectivity index (χ1v) is 9.09. The molecule has 0 saturated carbocycles. The molecule has 0 bridgehead atoms. The van der Waals surface area contributed by atoms with Crippen molar-refractivity contribution in [3.8, 4) is 5.75 Å². The Hall–Kier alpha value is -2.49. The number of hydrogen-bond acceptors (Lipinski definition) is 3. The lowest BCUT2D eigenvalue weighted by Gasteiger charge is -2.19. The zero-order valence-corrected chi connectivity index (χ0v) is 16.1. The topological polar surface area (TPSA) is 58.6 Å². The van der Waals surface area contributed by atoms with E-state index in [1.165, 1.54) is 5.56 Å². The quantitative estimate of drug-likeness (QED) is 0.634. The van der Waals surface area contributed by atoms with Gasteiger partial charge in [0.15, 0.2) is 0 Å². The molecular formula is C22H29NO3. The molecule has 0 aliphatic carbocycles. The van der Waals surface area contributed by atoms with Gasteiger partial charge in [0.25, 0.3) is 0 Å². The number of rotatable bonds is 8. The van der Waals surface area contributed by atoms with E-state index in [4.69, 9.17) is 4.74 Å². The van der Waals surface area contributed by atoms with Gasteiger partial charge < -0.3 is 15.2 Å². The number of benzene rings is 2. The fourth-order valence-electron chi connectivity index (χ4n) is 2.76. The molecule has 4 heteroatoms. The second-order valence-corrected chi connectivity index (χ2v) is 7.56. The third-order valence-electron chi connectivity index (χ3n) is 4.37. The van der Waals surface area contributed by atoms with Crippen LogP contribution < -0.4 is 10.1 Å². The molecule has 4 nitrogen and oxygen atoms in total. The van der Waals surface area contributed by atoms with Crippen LogP contribution >= 0.6 is 0 Å². The molecule has 0 aromatic heterocycles. The minimum Gasteiger partial charge on any atom is -0.494 e. The Balaban J connectivity index is 1.74. The van der Waals surface area contributed by atoms with Gasteiger partial charge in [0, 0.05) is 6.54 Å². The average molecular weight is 355 g/mol. The van der Waals surface area contributed by atoms with Crippen LogP contribution in [0.2, 0.25) is 0 Å². The number of nitrogens with one attached hydrogen (secondary N) is 1. The van der Waals surface area contributed by atoms with Crippen molar-refractivity contribution in [2.75, 3.05) is 18.5 Å². The maximum atomic E-state index is 11.3. The monoisotopic (exact) mass is 355 g/mol. The Bertz CT molecular complexity index is 730. The summed E-state index contributed by atoms with van der Waals surface area (Å²) in [6.07, 6.45) is 1.82. The van der Waals surface area contributed by atoms with Gasteiger partial charge in [0.2, 0.25) is 0 Å². The van der Waals surface area contributed by atoms with Gasteiger partial charge in [0.05, 0.1) is 17.9 Å². The zero-order chi connectivity index (χ0) is 19.2. The van der Waals surface area contributed by atoms with Crippen LogP contribution in [0.3, 0.4) is 0 Å². The highest BCUT2D eigenvalue weighted by Crippen LogP contribution is 2.24. The zero-order valence-electron chi connectivity index (χ0n) is 16.1. The normalized spacial score (nSPS) is 11.2. The van der Waals surface area contributed by atoms with Gasteiger partial charge in [-0.25, -0.2) is 4.79 Å². The molecule has 0 spiro atoms. The summed E-state index contributed by atoms with van der Waals surface area (Å²) in [7, 11) is 0. The van der Waals surface area contributed by atoms with Gasteiger partial charge in [-0.1, -0.05) is 45.0 Å². The van der Waals surface area contributed by atoms with Crippen LogP contribution in [0, 0.1) is 6.92 Å². The number of carboxylic acids is 1. The highest BCUT2D eigenvalue weighted by molar-refractivity contribution is 5.95. The van der Waals surface area contributed by atoms with E-state index in [0.29, 0.717) is 17.9 Å². The summed E-state index contributed by atoms with van der Waals surface area (Å²) < 4.78 is 5.79. The van der Waals surface area contributed by atoms with Crippen LogP contribution in [0.25, 0.3) is 0 Å². The van der Waals surface area contributed by atoms with Crippen molar-refractivity contribution >= 4 is 11.7 Å². The minimum absolute atomic E-state index is 0.147. The number of carboxylic acid groups (broad SMARTS) is 1. The van der Waals surface area contributed by atoms with E-state index in [9.17, 15) is 9.90 Å². The number of unbranched alkanes of at least 4 members (excludes halogenated alkanes) is 1. The van der Waals surface area contributed by atoms with Crippen molar-refractivity contribution in [1.82, 2.24) is 0 Å². The Morgan fingerprint density at radius 2 is 1.77 bits per heavy atom. The molecule has 0 aliphatic rings. The Kier molecular flexibility index (Phi) is 6.67. The van der Waals surface area contributed by atoms with Crippen molar-refractivity contribution in [2.24, 2.45) is 0 Å². The molecule has 0 fully saturated rings. The number of ether oxygens (including phenoxy) is 1. The average Bonchev–Trinajstić information content (AvgIpc) is 2.58. The number of aromatic carboxylic acids is 1. The van der Waals surface area contributed by atoms with E-state index in [1.54, 1.807) is 12.1 Å². The molecule has 2 rings (SSSR count). The molecule has 0 unspecified atom stereocenters. The first kappa shape index (κ1) is 19.8. The van der Waals surface area contributed by atoms with Gasteiger partial charge in [-0.2, -0.15) is 0 Å². The Morgan fingerprint density at radius 3 is 2.38 bits per heavy atom. The summed E-state index contributed by atoms with van der Waals surface area (Å²) in [6, 6.07) is 13.6. The van der Waals surface area contributed by atoms with Gasteiger partial charge in [-0.3, -0.25) is 0 Å². The van der Waals surface area contributed by atoms with Gasteiger partial charge in [-0.15, -0.1) is 0 Å². The molecule has 140 valence electrons. The molecule has 0 amide bonds. The van der Waals surface area contributed by atoms with E-state index in [1.807, 2.05) is 25.1 Å². The largest absolute Gasteiger partial charge is 0.494 e. The molecule has 0 aliphatic heterocycles. The summed E-state index contributed by atoms with van der Waals surface area (Å²) in [5.41, 5.74) is 3.41. The number of aryl methyl sites for hydroxylation is 1. The molecule has 0 radical (unpaired) electrons. The van der Waals surface area contributed by atoms with Crippen molar-refractivity contribution < 1.29 is 14.6 Å². The summed E-state index contributed by atoms with van der Waals surface area (Å²) >= 11 is 0. The summed E-state index contributed by atoms with van der Waals surface area (Å²) in [5, 5.41) is 12.5. The molecule has 0 saturated heterocycles. The van der Waals surface area contributed by atoms with Crippen molar-refractivity contribution in [2.45, 2.75) is 46.0 Å². The van der Waals surface area contributed by atoms with Gasteiger partial charge >= 0.3 is 5.97 Å². The van der Waals surface area contributed by atoms with Crippen molar-refractivity contribution in [1.29, 1.82) is 0 Å². The molecule has 2 aromatic carbocycles. The molecule has 2 N–H and O–H groups in total. The van der Waals surface area contributed by atoms with Crippen molar-refractivity contribution in [3.05, 3.63) is 59.2 Å². The molecule has 0 heterocycles. The van der Waals surface area contributed by atoms with Gasteiger partial charge in [-0.05, 0) is 54.5 Å². The van der Waals surface area contributed by atoms with E-state index < -0.39 is 5.97 Å². The maximum Gasteiger partial charge on any atom is 0.337 e. The third-order valence-corrected chi connectivity index (χ3v) is 4.37. The van der Waals surface area contributed by atoms with Crippen LogP contribution in [0.5, 0.6) is 5.75 Å². The van der Waals surface area contributed by atoms with E-state index in [0.717, 1.165) is 30.7 Å². The predicted octanol–water partition coefficient (Wildman–Crippen LogP) is 5.26. The van der Waals surface area contributed by atoms with E-state index >= 15 is 0 Å². The molecule has 26 heavy (non-hydrogen) atoms. The fourth-order valence-corrected chi connectivity index (χ4v) is 2.76. The standard InChI is InChI=1S/C22H29NO3/c1-16-8-7-9-19(21(24)25)20(16)23-14-5-6-15-26-18-12-10-17(11-13-18)22(2,3)4/h7-13,23H,5-6,14-15H2,1-4H3,(H,24,25). The van der Waals surface area contributed by atoms with E-state index in [2.05, 4.69) is 38.2 Å². The van der Waals surface area contributed by atoms with Crippen molar-refractivity contribution in [3.63, 3.8) is 0 Å². The summed E-state index contributed by atoms with van der Waals surface area (Å²) in [5.74, 6) is -0.0173. The lowest BCUT2D eigenvalue weighted by molar-refractivity contribution is 0.0698. The van der Waals surface area contributed by atoms with Crippen LogP contribution in [0.1, 0.15) is 55.1 Å². The second kappa shape index (κ2) is 8.75. The van der Waals surface area contributed by atoms with Crippen LogP contribution in [0.4, 0.5) is 5.69 Å². The molecule has 0 atom stereocenters. The number of carbonyl (C=O) groups is 1. The van der Waals surface area contributed by atoms with E-state index in [-0.39, 0.29) is 5.41 Å². The first-order chi connectivity index (χ1) is 12.3. The lowest BCUT2D eigenvalue weighted by atomic mass is 9.87. The maximum absolute atomic E-state index is 11.3. The fraction of sp³-hybridized carbons (Fsp3) is 0.409. The number of anilines is 1. The van der Waals surface area contributed by atoms with Crippen LogP contribution in [0.15, 0.2) is 42.5 Å².